The zero-order chi connectivity index (χ0) is 17.0. The number of hydrogen-bond donors (Lipinski definition) is 1. The molecule has 0 bridgehead atoms. The minimum Gasteiger partial charge on any atom is -0.505 e. The van der Waals surface area contributed by atoms with E-state index in [0.717, 1.165) is 31.7 Å². The van der Waals surface area contributed by atoms with E-state index in [1.54, 1.807) is 12.1 Å². The number of phenolic OH excluding ortho intramolecular Hbond substituents is 1. The lowest BCUT2D eigenvalue weighted by molar-refractivity contribution is 0.369. The summed E-state index contributed by atoms with van der Waals surface area (Å²) in [6.45, 7) is 3.81. The summed E-state index contributed by atoms with van der Waals surface area (Å²) in [6, 6.07) is 4.64. The van der Waals surface area contributed by atoms with Crippen LogP contribution in [0.2, 0.25) is 0 Å². The van der Waals surface area contributed by atoms with Crippen LogP contribution in [0.1, 0.15) is 37.2 Å². The smallest absolute Gasteiger partial charge is 0.201 e. The molecule has 0 amide bonds. The van der Waals surface area contributed by atoms with Crippen LogP contribution < -0.4 is 0 Å². The van der Waals surface area contributed by atoms with Crippen molar-refractivity contribution in [3.63, 3.8) is 0 Å². The molecular formula is C20H17F3O. The van der Waals surface area contributed by atoms with E-state index in [2.05, 4.69) is 6.58 Å². The maximum Gasteiger partial charge on any atom is 0.201 e. The average molecular weight is 330 g/mol. The first-order valence-corrected chi connectivity index (χ1v) is 8.19. The fourth-order valence-corrected chi connectivity index (χ4v) is 4.05. The maximum atomic E-state index is 15.0. The number of fused-ring (bicyclic) bond motifs is 4. The molecule has 0 unspecified atom stereocenters. The molecule has 24 heavy (non-hydrogen) atoms. The standard InChI is InChI=1S/C20H17F3O/c1-2-10-3-5-11(6-4-10)12-7-8-13-14-9-15(24)19(22)20(23)17(14)16(13)18(12)21/h2,7-11,24H,1,3-6H2. The van der Waals surface area contributed by atoms with Crippen molar-refractivity contribution in [1.29, 1.82) is 0 Å². The number of phenols is 1. The van der Waals surface area contributed by atoms with E-state index in [0.29, 0.717) is 22.6 Å². The van der Waals surface area contributed by atoms with E-state index in [4.69, 9.17) is 0 Å². The van der Waals surface area contributed by atoms with Crippen molar-refractivity contribution in [2.75, 3.05) is 0 Å². The van der Waals surface area contributed by atoms with Crippen molar-refractivity contribution in [2.24, 2.45) is 5.92 Å². The summed E-state index contributed by atoms with van der Waals surface area (Å²) >= 11 is 0. The minimum atomic E-state index is -1.32. The molecule has 0 heterocycles. The van der Waals surface area contributed by atoms with Gasteiger partial charge in [0.05, 0.1) is 0 Å². The SMILES string of the molecule is C=CC1CCC(c2ccc3c(c2F)-c2c-3cc(O)c(F)c2F)CC1. The fourth-order valence-electron chi connectivity index (χ4n) is 4.05. The first-order valence-electron chi connectivity index (χ1n) is 8.19. The van der Waals surface area contributed by atoms with Crippen molar-refractivity contribution in [3.8, 4) is 28.0 Å². The van der Waals surface area contributed by atoms with Crippen LogP contribution in [0.25, 0.3) is 22.3 Å². The molecule has 0 aliphatic heterocycles. The zero-order valence-corrected chi connectivity index (χ0v) is 13.1. The van der Waals surface area contributed by atoms with E-state index in [9.17, 15) is 18.3 Å². The van der Waals surface area contributed by atoms with Gasteiger partial charge in [0, 0.05) is 11.1 Å². The van der Waals surface area contributed by atoms with Gasteiger partial charge < -0.3 is 5.11 Å². The lowest BCUT2D eigenvalue weighted by atomic mass is 9.74. The predicted molar refractivity (Wildman–Crippen MR) is 87.3 cm³/mol. The molecule has 0 radical (unpaired) electrons. The Bertz CT molecular complexity index is 849. The Morgan fingerprint density at radius 1 is 0.917 bits per heavy atom. The van der Waals surface area contributed by atoms with Crippen molar-refractivity contribution < 1.29 is 18.3 Å². The van der Waals surface area contributed by atoms with E-state index >= 15 is 0 Å². The molecule has 0 aromatic heterocycles. The third-order valence-electron chi connectivity index (χ3n) is 5.44. The third-order valence-corrected chi connectivity index (χ3v) is 5.44. The summed E-state index contributed by atoms with van der Waals surface area (Å²) in [7, 11) is 0. The molecule has 4 rings (SSSR count). The normalized spacial score (nSPS) is 21.6. The molecular weight excluding hydrogens is 313 g/mol. The van der Waals surface area contributed by atoms with Crippen LogP contribution in [0.5, 0.6) is 5.75 Å². The predicted octanol–water partition coefficient (Wildman–Crippen LogP) is 5.92. The molecule has 2 aromatic carbocycles. The van der Waals surface area contributed by atoms with Gasteiger partial charge in [0.25, 0.3) is 0 Å². The Hall–Kier alpha value is -2.23. The second-order valence-corrected chi connectivity index (χ2v) is 6.68. The molecule has 4 heteroatoms. The lowest BCUT2D eigenvalue weighted by Crippen LogP contribution is -2.15. The highest BCUT2D eigenvalue weighted by molar-refractivity contribution is 6.03. The zero-order valence-electron chi connectivity index (χ0n) is 13.1. The molecule has 1 nitrogen and oxygen atoms in total. The molecule has 1 fully saturated rings. The third kappa shape index (κ3) is 2.02. The average Bonchev–Trinajstić information content (AvgIpc) is 2.58. The van der Waals surface area contributed by atoms with Gasteiger partial charge in [0.2, 0.25) is 5.82 Å². The number of hydrogen-bond acceptors (Lipinski definition) is 1. The van der Waals surface area contributed by atoms with Gasteiger partial charge in [-0.2, -0.15) is 4.39 Å². The van der Waals surface area contributed by atoms with Gasteiger partial charge in [0.15, 0.2) is 11.6 Å². The van der Waals surface area contributed by atoms with Gasteiger partial charge in [-0.3, -0.25) is 0 Å². The van der Waals surface area contributed by atoms with E-state index in [1.807, 2.05) is 6.08 Å². The van der Waals surface area contributed by atoms with Gasteiger partial charge >= 0.3 is 0 Å². The highest BCUT2D eigenvalue weighted by Gasteiger charge is 2.35. The summed E-state index contributed by atoms with van der Waals surface area (Å²) in [5.41, 5.74) is 1.56. The van der Waals surface area contributed by atoms with E-state index in [1.165, 1.54) is 0 Å². The monoisotopic (exact) mass is 330 g/mol. The molecule has 2 aliphatic rings. The van der Waals surface area contributed by atoms with Gasteiger partial charge in [-0.05, 0) is 60.3 Å². The summed E-state index contributed by atoms with van der Waals surface area (Å²) < 4.78 is 42.7. The number of benzene rings is 2. The Kier molecular flexibility index (Phi) is 3.44. The van der Waals surface area contributed by atoms with Crippen molar-refractivity contribution in [2.45, 2.75) is 31.6 Å². The van der Waals surface area contributed by atoms with Crippen molar-refractivity contribution in [1.82, 2.24) is 0 Å². The first kappa shape index (κ1) is 15.3. The largest absolute Gasteiger partial charge is 0.505 e. The van der Waals surface area contributed by atoms with Gasteiger partial charge in [-0.25, -0.2) is 8.78 Å². The van der Waals surface area contributed by atoms with E-state index in [-0.39, 0.29) is 17.0 Å². The Morgan fingerprint density at radius 2 is 1.58 bits per heavy atom. The second-order valence-electron chi connectivity index (χ2n) is 6.68. The topological polar surface area (TPSA) is 20.2 Å². The van der Waals surface area contributed by atoms with Gasteiger partial charge in [-0.15, -0.1) is 6.58 Å². The van der Waals surface area contributed by atoms with Gasteiger partial charge in [0.1, 0.15) is 5.82 Å². The number of rotatable bonds is 2. The van der Waals surface area contributed by atoms with E-state index < -0.39 is 23.2 Å². The van der Waals surface area contributed by atoms with Gasteiger partial charge in [-0.1, -0.05) is 18.2 Å². The molecule has 2 aliphatic carbocycles. The number of allylic oxidation sites excluding steroid dienone is 1. The quantitative estimate of drug-likeness (QED) is 0.579. The lowest BCUT2D eigenvalue weighted by Gasteiger charge is -2.31. The number of aromatic hydroxyl groups is 1. The Morgan fingerprint density at radius 3 is 2.25 bits per heavy atom. The molecule has 124 valence electrons. The molecule has 1 saturated carbocycles. The summed E-state index contributed by atoms with van der Waals surface area (Å²) in [6.07, 6.45) is 5.62. The van der Waals surface area contributed by atoms with Crippen LogP contribution in [-0.4, -0.2) is 5.11 Å². The second kappa shape index (κ2) is 5.40. The first-order chi connectivity index (χ1) is 11.5. The Balaban J connectivity index is 1.74. The van der Waals surface area contributed by atoms with Crippen LogP contribution in [0, 0.1) is 23.4 Å². The van der Waals surface area contributed by atoms with Crippen LogP contribution in [0.4, 0.5) is 13.2 Å². The minimum absolute atomic E-state index is 0.0561. The summed E-state index contributed by atoms with van der Waals surface area (Å²) in [4.78, 5) is 0. The van der Waals surface area contributed by atoms with Crippen molar-refractivity contribution in [3.05, 3.63) is 53.9 Å². The van der Waals surface area contributed by atoms with Crippen LogP contribution >= 0.6 is 0 Å². The Labute approximate surface area is 138 Å². The molecule has 0 atom stereocenters. The molecule has 1 N–H and O–H groups in total. The summed E-state index contributed by atoms with van der Waals surface area (Å²) in [5.74, 6) is -3.12. The van der Waals surface area contributed by atoms with Crippen molar-refractivity contribution >= 4 is 0 Å². The molecule has 2 aromatic rings. The molecule has 0 saturated heterocycles. The maximum absolute atomic E-state index is 15.0. The molecule has 0 spiro atoms. The van der Waals surface area contributed by atoms with Crippen LogP contribution in [0.3, 0.4) is 0 Å². The van der Waals surface area contributed by atoms with Crippen LogP contribution in [-0.2, 0) is 0 Å². The summed E-state index contributed by atoms with van der Waals surface area (Å²) in [5, 5.41) is 9.42. The fraction of sp³-hybridized carbons (Fsp3) is 0.300. The highest BCUT2D eigenvalue weighted by Crippen LogP contribution is 2.53. The number of halogens is 3. The van der Waals surface area contributed by atoms with Crippen LogP contribution in [0.15, 0.2) is 30.9 Å². The highest BCUT2D eigenvalue weighted by atomic mass is 19.2.